The molecule has 8 nitrogen and oxygen atoms in total. The molecule has 2 heterocycles. The molecule has 0 radical (unpaired) electrons. The highest BCUT2D eigenvalue weighted by molar-refractivity contribution is 6.04. The summed E-state index contributed by atoms with van der Waals surface area (Å²) in [7, 11) is 3.05. The van der Waals surface area contributed by atoms with Crippen molar-refractivity contribution in [3.63, 3.8) is 0 Å². The minimum absolute atomic E-state index is 0.296. The van der Waals surface area contributed by atoms with Crippen molar-refractivity contribution in [3.05, 3.63) is 54.9 Å². The van der Waals surface area contributed by atoms with Crippen LogP contribution < -0.4 is 14.8 Å². The molecule has 1 amide bonds. The van der Waals surface area contributed by atoms with Gasteiger partial charge in [-0.3, -0.25) is 9.36 Å². The lowest BCUT2D eigenvalue weighted by molar-refractivity contribution is 0.102. The second-order valence-corrected chi connectivity index (χ2v) is 4.77. The minimum Gasteiger partial charge on any atom is -0.493 e. The van der Waals surface area contributed by atoms with E-state index in [4.69, 9.17) is 9.47 Å². The monoisotopic (exact) mass is 325 g/mol. The topological polar surface area (TPSA) is 91.2 Å². The maximum Gasteiger partial charge on any atom is 0.255 e. The van der Waals surface area contributed by atoms with Crippen molar-refractivity contribution in [2.45, 2.75) is 0 Å². The van der Waals surface area contributed by atoms with Gasteiger partial charge in [-0.1, -0.05) is 0 Å². The highest BCUT2D eigenvalue weighted by atomic mass is 16.5. The third-order valence-corrected chi connectivity index (χ3v) is 3.28. The first kappa shape index (κ1) is 15.5. The predicted molar refractivity (Wildman–Crippen MR) is 86.7 cm³/mol. The first-order valence-corrected chi connectivity index (χ1v) is 7.05. The van der Waals surface area contributed by atoms with Gasteiger partial charge >= 0.3 is 0 Å². The van der Waals surface area contributed by atoms with Crippen LogP contribution in [0.3, 0.4) is 0 Å². The molecule has 1 N–H and O–H groups in total. The van der Waals surface area contributed by atoms with Crippen LogP contribution in [0.2, 0.25) is 0 Å². The van der Waals surface area contributed by atoms with Gasteiger partial charge in [-0.15, -0.1) is 0 Å². The van der Waals surface area contributed by atoms with Crippen LogP contribution in [0.25, 0.3) is 5.95 Å². The quantitative estimate of drug-likeness (QED) is 0.771. The fraction of sp³-hybridized carbons (Fsp3) is 0.125. The Bertz CT molecular complexity index is 831. The molecule has 0 saturated carbocycles. The van der Waals surface area contributed by atoms with Gasteiger partial charge < -0.3 is 14.8 Å². The Morgan fingerprint density at radius 2 is 1.88 bits per heavy atom. The molecule has 122 valence electrons. The number of carbonyl (C=O) groups is 1. The summed E-state index contributed by atoms with van der Waals surface area (Å²) in [6.45, 7) is 0. The zero-order chi connectivity index (χ0) is 16.9. The lowest BCUT2D eigenvalue weighted by Crippen LogP contribution is -2.13. The fourth-order valence-electron chi connectivity index (χ4n) is 2.08. The van der Waals surface area contributed by atoms with Crippen LogP contribution in [0.1, 0.15) is 10.4 Å². The van der Waals surface area contributed by atoms with Gasteiger partial charge in [0.05, 0.1) is 32.3 Å². The summed E-state index contributed by atoms with van der Waals surface area (Å²) in [5.74, 6) is 1.21. The van der Waals surface area contributed by atoms with E-state index in [1.807, 2.05) is 0 Å². The van der Waals surface area contributed by atoms with Gasteiger partial charge in [0.15, 0.2) is 11.5 Å². The maximum atomic E-state index is 12.3. The van der Waals surface area contributed by atoms with Gasteiger partial charge in [0.1, 0.15) is 6.33 Å². The number of rotatable bonds is 5. The van der Waals surface area contributed by atoms with Gasteiger partial charge in [0.2, 0.25) is 5.95 Å². The van der Waals surface area contributed by atoms with Crippen LogP contribution in [-0.4, -0.2) is 39.6 Å². The molecule has 3 aromatic rings. The molecule has 1 aromatic carbocycles. The number of nitrogens with zero attached hydrogens (tertiary/aromatic N) is 4. The number of hydrogen-bond donors (Lipinski definition) is 1. The van der Waals surface area contributed by atoms with Gasteiger partial charge in [-0.25, -0.2) is 15.0 Å². The summed E-state index contributed by atoms with van der Waals surface area (Å²) < 4.78 is 12.0. The van der Waals surface area contributed by atoms with E-state index in [1.165, 1.54) is 26.6 Å². The summed E-state index contributed by atoms with van der Waals surface area (Å²) in [4.78, 5) is 24.6. The minimum atomic E-state index is -0.296. The number of imidazole rings is 1. The van der Waals surface area contributed by atoms with E-state index in [2.05, 4.69) is 20.3 Å². The zero-order valence-electron chi connectivity index (χ0n) is 13.1. The maximum absolute atomic E-state index is 12.3. The Morgan fingerprint density at radius 1 is 1.12 bits per heavy atom. The van der Waals surface area contributed by atoms with Crippen molar-refractivity contribution in [1.29, 1.82) is 0 Å². The van der Waals surface area contributed by atoms with Crippen LogP contribution in [0, 0.1) is 0 Å². The summed E-state index contributed by atoms with van der Waals surface area (Å²) in [6, 6.07) is 4.93. The molecule has 2 aromatic heterocycles. The van der Waals surface area contributed by atoms with Crippen molar-refractivity contribution in [2.24, 2.45) is 0 Å². The normalized spacial score (nSPS) is 10.2. The van der Waals surface area contributed by atoms with E-state index in [0.717, 1.165) is 0 Å². The Balaban J connectivity index is 1.75. The van der Waals surface area contributed by atoms with Crippen molar-refractivity contribution in [2.75, 3.05) is 19.5 Å². The molecule has 0 aliphatic carbocycles. The second-order valence-electron chi connectivity index (χ2n) is 4.77. The Morgan fingerprint density at radius 3 is 2.50 bits per heavy atom. The van der Waals surface area contributed by atoms with Crippen LogP contribution in [-0.2, 0) is 0 Å². The highest BCUT2D eigenvalue weighted by Crippen LogP contribution is 2.27. The molecule has 0 saturated heterocycles. The van der Waals surface area contributed by atoms with Crippen LogP contribution in [0.5, 0.6) is 11.5 Å². The number of aromatic nitrogens is 4. The van der Waals surface area contributed by atoms with E-state index >= 15 is 0 Å². The van der Waals surface area contributed by atoms with Crippen LogP contribution in [0.15, 0.2) is 49.3 Å². The predicted octanol–water partition coefficient (Wildman–Crippen LogP) is 1.93. The molecular weight excluding hydrogens is 310 g/mol. The number of methoxy groups -OCH3 is 2. The summed E-state index contributed by atoms with van der Waals surface area (Å²) in [5.41, 5.74) is 0.921. The molecule has 0 bridgehead atoms. The van der Waals surface area contributed by atoms with E-state index in [-0.39, 0.29) is 5.91 Å². The van der Waals surface area contributed by atoms with E-state index < -0.39 is 0 Å². The average Bonchev–Trinajstić information content (AvgIpc) is 3.16. The average molecular weight is 325 g/mol. The van der Waals surface area contributed by atoms with E-state index in [1.54, 1.807) is 41.5 Å². The number of carbonyl (C=O) groups excluding carboxylic acids is 1. The number of nitrogens with one attached hydrogen (secondary N) is 1. The molecule has 0 spiro atoms. The summed E-state index contributed by atoms with van der Waals surface area (Å²) in [6.07, 6.45) is 8.02. The molecule has 0 fully saturated rings. The van der Waals surface area contributed by atoms with E-state index in [9.17, 15) is 4.79 Å². The lowest BCUT2D eigenvalue weighted by atomic mass is 10.2. The molecule has 0 atom stereocenters. The van der Waals surface area contributed by atoms with Gasteiger partial charge in [0, 0.05) is 18.0 Å². The number of benzene rings is 1. The van der Waals surface area contributed by atoms with E-state index in [0.29, 0.717) is 28.7 Å². The zero-order valence-corrected chi connectivity index (χ0v) is 13.1. The Labute approximate surface area is 138 Å². The van der Waals surface area contributed by atoms with Crippen LogP contribution >= 0.6 is 0 Å². The highest BCUT2D eigenvalue weighted by Gasteiger charge is 2.11. The Kier molecular flexibility index (Phi) is 4.37. The lowest BCUT2D eigenvalue weighted by Gasteiger charge is -2.10. The second kappa shape index (κ2) is 6.78. The van der Waals surface area contributed by atoms with Gasteiger partial charge in [-0.05, 0) is 18.2 Å². The van der Waals surface area contributed by atoms with Gasteiger partial charge in [-0.2, -0.15) is 0 Å². The molecule has 8 heteroatoms. The van der Waals surface area contributed by atoms with Crippen molar-refractivity contribution >= 4 is 11.6 Å². The van der Waals surface area contributed by atoms with Crippen molar-refractivity contribution < 1.29 is 14.3 Å². The first-order valence-electron chi connectivity index (χ1n) is 7.05. The third-order valence-electron chi connectivity index (χ3n) is 3.28. The molecule has 0 aliphatic heterocycles. The Hall–Kier alpha value is -3.42. The molecule has 24 heavy (non-hydrogen) atoms. The largest absolute Gasteiger partial charge is 0.493 e. The summed E-state index contributed by atoms with van der Waals surface area (Å²) >= 11 is 0. The first-order chi connectivity index (χ1) is 11.7. The van der Waals surface area contributed by atoms with Crippen molar-refractivity contribution in [3.8, 4) is 17.4 Å². The standard InChI is InChI=1S/C16H15N5O3/c1-23-13-4-3-11(7-14(13)24-2)15(22)20-12-8-18-16(19-9-12)21-6-5-17-10-21/h3-10H,1-2H3,(H,20,22). The summed E-state index contributed by atoms with van der Waals surface area (Å²) in [5, 5.41) is 2.73. The van der Waals surface area contributed by atoms with Crippen LogP contribution in [0.4, 0.5) is 5.69 Å². The SMILES string of the molecule is COc1ccc(C(=O)Nc2cnc(-n3ccnc3)nc2)cc1OC. The van der Waals surface area contributed by atoms with Crippen molar-refractivity contribution in [1.82, 2.24) is 19.5 Å². The molecule has 0 aliphatic rings. The molecular formula is C16H15N5O3. The van der Waals surface area contributed by atoms with Gasteiger partial charge in [0.25, 0.3) is 5.91 Å². The third kappa shape index (κ3) is 3.17. The number of anilines is 1. The fourth-order valence-corrected chi connectivity index (χ4v) is 2.08. The number of ether oxygens (including phenoxy) is 2. The smallest absolute Gasteiger partial charge is 0.255 e. The molecule has 3 rings (SSSR count). The number of amides is 1. The molecule has 0 unspecified atom stereocenters. The number of hydrogen-bond acceptors (Lipinski definition) is 6.